The van der Waals surface area contributed by atoms with Crippen LogP contribution in [0, 0.1) is 0 Å². The van der Waals surface area contributed by atoms with Crippen molar-refractivity contribution in [1.29, 1.82) is 0 Å². The number of allylic oxidation sites excluding steroid dienone is 1. The van der Waals surface area contributed by atoms with Crippen LogP contribution in [0.2, 0.25) is 0 Å². The van der Waals surface area contributed by atoms with E-state index in [0.29, 0.717) is 0 Å². The van der Waals surface area contributed by atoms with Gasteiger partial charge < -0.3 is 4.74 Å². The van der Waals surface area contributed by atoms with Crippen LogP contribution < -0.4 is 4.74 Å². The molecule has 0 radical (unpaired) electrons. The first kappa shape index (κ1) is 28.4. The summed E-state index contributed by atoms with van der Waals surface area (Å²) in [6.07, 6.45) is 23.8. The van der Waals surface area contributed by atoms with E-state index in [9.17, 15) is 13.2 Å². The van der Waals surface area contributed by atoms with E-state index in [1.165, 1.54) is 108 Å². The summed E-state index contributed by atoms with van der Waals surface area (Å²) in [6.45, 7) is 2.26. The van der Waals surface area contributed by atoms with Crippen molar-refractivity contribution in [2.45, 2.75) is 115 Å². The van der Waals surface area contributed by atoms with Crippen molar-refractivity contribution >= 4 is 16.1 Å². The molecule has 0 saturated heterocycles. The van der Waals surface area contributed by atoms with E-state index < -0.39 is 16.1 Å². The normalized spacial score (nSPS) is 11.8. The Kier molecular flexibility index (Phi) is 15.8. The van der Waals surface area contributed by atoms with Crippen LogP contribution in [0.4, 0.5) is 0 Å². The summed E-state index contributed by atoms with van der Waals surface area (Å²) in [5, 5.41) is 0. The lowest BCUT2D eigenvalue weighted by Crippen LogP contribution is -2.06. The predicted octanol–water partition coefficient (Wildman–Crippen LogP) is 7.66. The van der Waals surface area contributed by atoms with Crippen LogP contribution >= 0.6 is 0 Å². The number of hydrogen-bond acceptors (Lipinski definition) is 4. The number of benzene rings is 1. The summed E-state index contributed by atoms with van der Waals surface area (Å²) in [6, 6.07) is 5.09. The van der Waals surface area contributed by atoms with Gasteiger partial charge in [0, 0.05) is 0 Å². The van der Waals surface area contributed by atoms with E-state index in [0.717, 1.165) is 12.8 Å². The highest BCUT2D eigenvalue weighted by Crippen LogP contribution is 2.16. The van der Waals surface area contributed by atoms with Crippen molar-refractivity contribution in [2.75, 3.05) is 0 Å². The number of carbonyl (C=O) groups is 1. The molecule has 0 saturated carbocycles. The standard InChI is InChI=1S/C26H42O5S/c1-2-3-4-5-6-7-8-9-10-11-12-13-14-15-16-17-18-19-26(27)31-24-20-22-25(23-21-24)32(28,29)30/h17-18,20-23H,2-16,19H2,1H3,(H,28,29,30). The summed E-state index contributed by atoms with van der Waals surface area (Å²) in [4.78, 5) is 11.6. The third-order valence-electron chi connectivity index (χ3n) is 5.53. The zero-order chi connectivity index (χ0) is 23.5. The van der Waals surface area contributed by atoms with Gasteiger partial charge in [-0.2, -0.15) is 8.42 Å². The first-order chi connectivity index (χ1) is 15.4. The molecule has 1 aromatic rings. The number of unbranched alkanes of at least 4 members (excludes halogenated alkanes) is 14. The first-order valence-corrected chi connectivity index (χ1v) is 13.8. The molecule has 0 aliphatic carbocycles. The summed E-state index contributed by atoms with van der Waals surface area (Å²) in [5.41, 5.74) is 0. The minimum Gasteiger partial charge on any atom is -0.426 e. The van der Waals surface area contributed by atoms with Crippen LogP contribution in [0.25, 0.3) is 0 Å². The molecular weight excluding hydrogens is 424 g/mol. The van der Waals surface area contributed by atoms with Crippen molar-refractivity contribution in [1.82, 2.24) is 0 Å². The van der Waals surface area contributed by atoms with E-state index in [-0.39, 0.29) is 17.1 Å². The molecule has 1 N–H and O–H groups in total. The molecule has 0 heterocycles. The van der Waals surface area contributed by atoms with E-state index in [4.69, 9.17) is 9.29 Å². The minimum absolute atomic E-state index is 0.179. The Morgan fingerprint density at radius 1 is 0.781 bits per heavy atom. The van der Waals surface area contributed by atoms with Crippen LogP contribution in [0.5, 0.6) is 5.75 Å². The molecule has 0 spiro atoms. The van der Waals surface area contributed by atoms with Crippen LogP contribution in [0.3, 0.4) is 0 Å². The molecule has 1 rings (SSSR count). The van der Waals surface area contributed by atoms with Gasteiger partial charge in [0.25, 0.3) is 10.1 Å². The van der Waals surface area contributed by atoms with Gasteiger partial charge in [-0.05, 0) is 37.1 Å². The molecule has 0 fully saturated rings. The van der Waals surface area contributed by atoms with Gasteiger partial charge in [0.1, 0.15) is 5.75 Å². The monoisotopic (exact) mass is 466 g/mol. The summed E-state index contributed by atoms with van der Waals surface area (Å²) < 4.78 is 36.1. The van der Waals surface area contributed by atoms with E-state index in [2.05, 4.69) is 6.92 Å². The molecule has 182 valence electrons. The highest BCUT2D eigenvalue weighted by Gasteiger charge is 2.09. The molecule has 0 aliphatic heterocycles. The second-order valence-corrected chi connectivity index (χ2v) is 9.90. The number of rotatable bonds is 19. The summed E-state index contributed by atoms with van der Waals surface area (Å²) in [5.74, 6) is -0.149. The van der Waals surface area contributed by atoms with Crippen molar-refractivity contribution in [3.8, 4) is 5.75 Å². The van der Waals surface area contributed by atoms with Crippen LogP contribution in [0.15, 0.2) is 41.3 Å². The second-order valence-electron chi connectivity index (χ2n) is 8.48. The number of ether oxygens (including phenoxy) is 1. The topological polar surface area (TPSA) is 80.7 Å². The zero-order valence-corrected chi connectivity index (χ0v) is 20.6. The van der Waals surface area contributed by atoms with Gasteiger partial charge in [-0.1, -0.05) is 103 Å². The van der Waals surface area contributed by atoms with Gasteiger partial charge in [0.2, 0.25) is 0 Å². The quantitative estimate of drug-likeness (QED) is 0.0744. The first-order valence-electron chi connectivity index (χ1n) is 12.4. The van der Waals surface area contributed by atoms with Gasteiger partial charge in [0.05, 0.1) is 11.3 Å². The molecule has 32 heavy (non-hydrogen) atoms. The molecule has 0 atom stereocenters. The number of carbonyl (C=O) groups excluding carboxylic acids is 1. The Morgan fingerprint density at radius 3 is 1.72 bits per heavy atom. The molecule has 0 aliphatic rings. The summed E-state index contributed by atoms with van der Waals surface area (Å²) in [7, 11) is -4.24. The SMILES string of the molecule is CCCCCCCCCCCCCCCCC=CCC(=O)Oc1ccc(S(=O)(=O)O)cc1. The molecule has 1 aromatic carbocycles. The fourth-order valence-electron chi connectivity index (χ4n) is 3.61. The number of esters is 1. The molecule has 0 unspecified atom stereocenters. The average molecular weight is 467 g/mol. The maximum Gasteiger partial charge on any atom is 0.315 e. The molecular formula is C26H42O5S. The van der Waals surface area contributed by atoms with Gasteiger partial charge in [-0.3, -0.25) is 9.35 Å². The largest absolute Gasteiger partial charge is 0.426 e. The lowest BCUT2D eigenvalue weighted by molar-refractivity contribution is -0.133. The Hall–Kier alpha value is -1.66. The van der Waals surface area contributed by atoms with Crippen molar-refractivity contribution < 1.29 is 22.5 Å². The highest BCUT2D eigenvalue weighted by molar-refractivity contribution is 7.85. The van der Waals surface area contributed by atoms with E-state index >= 15 is 0 Å². The minimum atomic E-state index is -4.24. The fraction of sp³-hybridized carbons (Fsp3) is 0.654. The molecule has 0 bridgehead atoms. The van der Waals surface area contributed by atoms with Crippen LogP contribution in [-0.4, -0.2) is 18.9 Å². The van der Waals surface area contributed by atoms with E-state index in [1.807, 2.05) is 12.2 Å². The summed E-state index contributed by atoms with van der Waals surface area (Å²) >= 11 is 0. The Balaban J connectivity index is 1.94. The Labute approximate surface area is 195 Å². The maximum absolute atomic E-state index is 11.8. The lowest BCUT2D eigenvalue weighted by Gasteiger charge is -2.03. The maximum atomic E-state index is 11.8. The third kappa shape index (κ3) is 15.2. The molecule has 6 heteroatoms. The van der Waals surface area contributed by atoms with Gasteiger partial charge >= 0.3 is 5.97 Å². The predicted molar refractivity (Wildman–Crippen MR) is 131 cm³/mol. The smallest absolute Gasteiger partial charge is 0.315 e. The van der Waals surface area contributed by atoms with Crippen molar-refractivity contribution in [3.05, 3.63) is 36.4 Å². The second kappa shape index (κ2) is 17.8. The molecule has 0 amide bonds. The highest BCUT2D eigenvalue weighted by atomic mass is 32.2. The van der Waals surface area contributed by atoms with Crippen molar-refractivity contribution in [3.63, 3.8) is 0 Å². The Bertz CT molecular complexity index is 738. The van der Waals surface area contributed by atoms with E-state index in [1.54, 1.807) is 0 Å². The van der Waals surface area contributed by atoms with Crippen LogP contribution in [0.1, 0.15) is 110 Å². The molecule has 0 aromatic heterocycles. The lowest BCUT2D eigenvalue weighted by atomic mass is 10.0. The molecule has 5 nitrogen and oxygen atoms in total. The number of hydrogen-bond donors (Lipinski definition) is 1. The zero-order valence-electron chi connectivity index (χ0n) is 19.8. The van der Waals surface area contributed by atoms with Gasteiger partial charge in [0.15, 0.2) is 0 Å². The fourth-order valence-corrected chi connectivity index (χ4v) is 4.09. The Morgan fingerprint density at radius 2 is 1.25 bits per heavy atom. The van der Waals surface area contributed by atoms with Gasteiger partial charge in [-0.15, -0.1) is 0 Å². The van der Waals surface area contributed by atoms with Crippen molar-refractivity contribution in [2.24, 2.45) is 0 Å². The average Bonchev–Trinajstić information content (AvgIpc) is 2.75. The third-order valence-corrected chi connectivity index (χ3v) is 6.40. The van der Waals surface area contributed by atoms with Crippen LogP contribution in [-0.2, 0) is 14.9 Å². The van der Waals surface area contributed by atoms with Gasteiger partial charge in [-0.25, -0.2) is 0 Å².